The van der Waals surface area contributed by atoms with Crippen molar-refractivity contribution in [1.29, 1.82) is 0 Å². The highest BCUT2D eigenvalue weighted by molar-refractivity contribution is 7.89. The summed E-state index contributed by atoms with van der Waals surface area (Å²) in [5, 5.41) is 0.481. The first-order chi connectivity index (χ1) is 17.9. The van der Waals surface area contributed by atoms with Gasteiger partial charge in [0.1, 0.15) is 6.61 Å². The van der Waals surface area contributed by atoms with E-state index in [4.69, 9.17) is 16.3 Å². The van der Waals surface area contributed by atoms with Gasteiger partial charge < -0.3 is 14.5 Å². The van der Waals surface area contributed by atoms with Gasteiger partial charge in [0.15, 0.2) is 0 Å². The van der Waals surface area contributed by atoms with E-state index in [1.165, 1.54) is 31.4 Å². The molecule has 0 saturated carbocycles. The predicted molar refractivity (Wildman–Crippen MR) is 154 cm³/mol. The number of amides is 1. The lowest BCUT2D eigenvalue weighted by Gasteiger charge is -2.40. The van der Waals surface area contributed by atoms with Crippen LogP contribution < -0.4 is 0 Å². The topological polar surface area (TPSA) is 70.2 Å². The van der Waals surface area contributed by atoms with Crippen LogP contribution in [0.15, 0.2) is 59.5 Å². The molecule has 208 valence electrons. The van der Waals surface area contributed by atoms with Crippen LogP contribution in [0.25, 0.3) is 0 Å². The number of halogens is 1. The van der Waals surface area contributed by atoms with Crippen molar-refractivity contribution in [2.75, 3.05) is 32.8 Å². The summed E-state index contributed by atoms with van der Waals surface area (Å²) in [5.74, 6) is 0. The molecule has 0 radical (unpaired) electrons. The molecule has 7 nitrogen and oxygen atoms in total. The smallest absolute Gasteiger partial charge is 0.409 e. The third kappa shape index (κ3) is 6.50. The zero-order valence-electron chi connectivity index (χ0n) is 21.7. The van der Waals surface area contributed by atoms with Gasteiger partial charge in [-0.05, 0) is 81.4 Å². The molecule has 3 heterocycles. The highest BCUT2D eigenvalue weighted by Crippen LogP contribution is 2.40. The highest BCUT2D eigenvalue weighted by Gasteiger charge is 2.43. The SMILES string of the molecule is O=C(OC[C@H]1CC[C@@H](c2ccccc2)N1S(=O)(=O)c1ccc(Cl)cc1)N1CCC(N2CCCCC2)CC1.S. The van der Waals surface area contributed by atoms with E-state index in [0.717, 1.165) is 31.5 Å². The fourth-order valence-electron chi connectivity index (χ4n) is 6.05. The number of sulfonamides is 1. The number of carbonyl (C=O) groups excluding carboxylic acids is 1. The predicted octanol–water partition coefficient (Wildman–Crippen LogP) is 5.43. The third-order valence-corrected chi connectivity index (χ3v) is 10.3. The van der Waals surface area contributed by atoms with E-state index in [0.29, 0.717) is 37.0 Å². The van der Waals surface area contributed by atoms with Gasteiger partial charge in [-0.25, -0.2) is 13.2 Å². The Kier molecular flexibility index (Phi) is 10.0. The molecule has 2 atom stereocenters. The van der Waals surface area contributed by atoms with Crippen molar-refractivity contribution < 1.29 is 17.9 Å². The molecule has 10 heteroatoms. The molecule has 38 heavy (non-hydrogen) atoms. The van der Waals surface area contributed by atoms with Crippen LogP contribution in [-0.4, -0.2) is 73.5 Å². The van der Waals surface area contributed by atoms with E-state index in [-0.39, 0.29) is 37.1 Å². The number of rotatable bonds is 6. The molecule has 0 aromatic heterocycles. The minimum atomic E-state index is -3.83. The first-order valence-corrected chi connectivity index (χ1v) is 15.2. The lowest BCUT2D eigenvalue weighted by molar-refractivity contribution is 0.0575. The van der Waals surface area contributed by atoms with Gasteiger partial charge in [-0.3, -0.25) is 0 Å². The molecule has 2 aromatic carbocycles. The number of hydrogen-bond acceptors (Lipinski definition) is 5. The molecular formula is C28H38ClN3O4S2. The summed E-state index contributed by atoms with van der Waals surface area (Å²) >= 11 is 6.01. The number of ether oxygens (including phenoxy) is 1. The average Bonchev–Trinajstić information content (AvgIpc) is 3.38. The monoisotopic (exact) mass is 579 g/mol. The van der Waals surface area contributed by atoms with E-state index in [1.807, 2.05) is 30.3 Å². The molecule has 3 saturated heterocycles. The molecule has 3 fully saturated rings. The third-order valence-electron chi connectivity index (χ3n) is 8.04. The van der Waals surface area contributed by atoms with Gasteiger partial charge in [0.05, 0.1) is 17.0 Å². The van der Waals surface area contributed by atoms with Crippen LogP contribution >= 0.6 is 25.1 Å². The number of carbonyl (C=O) groups is 1. The van der Waals surface area contributed by atoms with Crippen molar-refractivity contribution in [2.24, 2.45) is 0 Å². The maximum absolute atomic E-state index is 13.8. The largest absolute Gasteiger partial charge is 0.448 e. The van der Waals surface area contributed by atoms with Crippen molar-refractivity contribution >= 4 is 41.2 Å². The lowest BCUT2D eigenvalue weighted by atomic mass is 10.0. The summed E-state index contributed by atoms with van der Waals surface area (Å²) in [6.45, 7) is 3.74. The van der Waals surface area contributed by atoms with Gasteiger partial charge in [-0.2, -0.15) is 17.8 Å². The fourth-order valence-corrected chi connectivity index (χ4v) is 8.02. The Labute approximate surface area is 238 Å². The molecule has 0 spiro atoms. The van der Waals surface area contributed by atoms with Crippen molar-refractivity contribution in [3.63, 3.8) is 0 Å². The molecular weight excluding hydrogens is 542 g/mol. The summed E-state index contributed by atoms with van der Waals surface area (Å²) in [6.07, 6.45) is 6.73. The summed E-state index contributed by atoms with van der Waals surface area (Å²) in [4.78, 5) is 17.5. The van der Waals surface area contributed by atoms with E-state index in [2.05, 4.69) is 4.90 Å². The standard InChI is InChI=1S/C28H36ClN3O4S.H2S/c29-23-9-12-26(13-10-23)37(34,35)32-25(11-14-27(32)22-7-3-1-4-8-22)21-36-28(33)31-19-15-24(16-20-31)30-17-5-2-6-18-30;/h1,3-4,7-10,12-13,24-25,27H,2,5-6,11,14-21H2;1H2/t25-,27+;/m1./s1. The van der Waals surface area contributed by atoms with Crippen molar-refractivity contribution in [1.82, 2.24) is 14.1 Å². The first-order valence-electron chi connectivity index (χ1n) is 13.4. The average molecular weight is 580 g/mol. The second-order valence-corrected chi connectivity index (χ2v) is 12.6. The zero-order valence-corrected chi connectivity index (χ0v) is 24.2. The number of nitrogens with zero attached hydrogens (tertiary/aromatic N) is 3. The first kappa shape index (κ1) is 29.2. The number of piperidine rings is 2. The maximum atomic E-state index is 13.8. The Balaban J connectivity index is 0.00000336. The second-order valence-electron chi connectivity index (χ2n) is 10.3. The Bertz CT molecular complexity index is 1150. The van der Waals surface area contributed by atoms with Crippen molar-refractivity contribution in [3.05, 3.63) is 65.2 Å². The number of hydrogen-bond donors (Lipinski definition) is 0. The van der Waals surface area contributed by atoms with Crippen molar-refractivity contribution in [2.45, 2.75) is 68.0 Å². The molecule has 0 unspecified atom stereocenters. The quantitative estimate of drug-likeness (QED) is 0.456. The van der Waals surface area contributed by atoms with Crippen LogP contribution in [0, 0.1) is 0 Å². The maximum Gasteiger partial charge on any atom is 0.409 e. The second kappa shape index (κ2) is 13.0. The van der Waals surface area contributed by atoms with E-state index < -0.39 is 16.1 Å². The Hall–Kier alpha value is -1.78. The van der Waals surface area contributed by atoms with Crippen LogP contribution in [0.2, 0.25) is 5.02 Å². The lowest BCUT2D eigenvalue weighted by Crippen LogP contribution is -2.48. The Morgan fingerprint density at radius 1 is 0.868 bits per heavy atom. The van der Waals surface area contributed by atoms with Gasteiger partial charge in [-0.15, -0.1) is 0 Å². The van der Waals surface area contributed by atoms with Crippen LogP contribution in [0.4, 0.5) is 4.79 Å². The van der Waals surface area contributed by atoms with Crippen LogP contribution in [0.3, 0.4) is 0 Å². The fraction of sp³-hybridized carbons (Fsp3) is 0.536. The summed E-state index contributed by atoms with van der Waals surface area (Å²) in [6, 6.07) is 15.7. The van der Waals surface area contributed by atoms with Crippen LogP contribution in [0.1, 0.15) is 56.6 Å². The van der Waals surface area contributed by atoms with Crippen LogP contribution in [-0.2, 0) is 14.8 Å². The molecule has 5 rings (SSSR count). The summed E-state index contributed by atoms with van der Waals surface area (Å²) in [7, 11) is -3.83. The molecule has 2 aromatic rings. The molecule has 3 aliphatic rings. The van der Waals surface area contributed by atoms with Gasteiger partial charge in [0, 0.05) is 24.2 Å². The van der Waals surface area contributed by atoms with Gasteiger partial charge >= 0.3 is 6.09 Å². The van der Waals surface area contributed by atoms with E-state index in [1.54, 1.807) is 21.3 Å². The van der Waals surface area contributed by atoms with Crippen LogP contribution in [0.5, 0.6) is 0 Å². The zero-order chi connectivity index (χ0) is 25.8. The van der Waals surface area contributed by atoms with Gasteiger partial charge in [0.25, 0.3) is 0 Å². The van der Waals surface area contributed by atoms with Crippen molar-refractivity contribution in [3.8, 4) is 0 Å². The Morgan fingerprint density at radius 2 is 1.53 bits per heavy atom. The van der Waals surface area contributed by atoms with Gasteiger partial charge in [0.2, 0.25) is 10.0 Å². The number of likely N-dealkylation sites (tertiary alicyclic amines) is 2. The summed E-state index contributed by atoms with van der Waals surface area (Å²) in [5.41, 5.74) is 0.939. The normalized spacial score (nSPS) is 23.7. The van der Waals surface area contributed by atoms with E-state index in [9.17, 15) is 13.2 Å². The number of benzene rings is 2. The highest BCUT2D eigenvalue weighted by atomic mass is 35.5. The van der Waals surface area contributed by atoms with Gasteiger partial charge in [-0.1, -0.05) is 48.4 Å². The van der Waals surface area contributed by atoms with E-state index >= 15 is 0 Å². The molecule has 3 aliphatic heterocycles. The summed E-state index contributed by atoms with van der Waals surface area (Å²) < 4.78 is 34.9. The Morgan fingerprint density at radius 3 is 2.18 bits per heavy atom. The molecule has 0 aliphatic carbocycles. The minimum Gasteiger partial charge on any atom is -0.448 e. The molecule has 1 amide bonds. The molecule has 0 N–H and O–H groups in total. The molecule has 0 bridgehead atoms. The minimum absolute atomic E-state index is 0.